The van der Waals surface area contributed by atoms with Crippen LogP contribution in [0.4, 0.5) is 15.8 Å². The topological polar surface area (TPSA) is 47.3 Å². The lowest BCUT2D eigenvalue weighted by Gasteiger charge is -2.13. The van der Waals surface area contributed by atoms with E-state index in [4.69, 9.17) is 34.3 Å². The summed E-state index contributed by atoms with van der Waals surface area (Å²) >= 11 is 10.8. The molecular formula is C14H12ClFN2OS. The van der Waals surface area contributed by atoms with Crippen LogP contribution in [0.1, 0.15) is 5.56 Å². The van der Waals surface area contributed by atoms with E-state index in [2.05, 4.69) is 5.32 Å². The van der Waals surface area contributed by atoms with E-state index in [-0.39, 0.29) is 10.6 Å². The number of nitrogens with one attached hydrogen (secondary N) is 1. The van der Waals surface area contributed by atoms with E-state index in [9.17, 15) is 4.39 Å². The highest BCUT2D eigenvalue weighted by Crippen LogP contribution is 2.30. The summed E-state index contributed by atoms with van der Waals surface area (Å²) in [5.74, 6) is 0.0494. The Hall–Kier alpha value is -1.85. The van der Waals surface area contributed by atoms with Gasteiger partial charge in [0, 0.05) is 11.8 Å². The van der Waals surface area contributed by atoms with E-state index in [0.29, 0.717) is 22.1 Å². The molecule has 3 nitrogen and oxygen atoms in total. The first-order valence-corrected chi connectivity index (χ1v) is 6.50. The molecule has 0 atom stereocenters. The Labute approximate surface area is 126 Å². The Morgan fingerprint density at radius 1 is 1.35 bits per heavy atom. The molecule has 0 spiro atoms. The number of methoxy groups -OCH3 is 1. The first kappa shape index (κ1) is 14.6. The number of thiocarbonyl (C=S) groups is 1. The molecule has 0 amide bonds. The van der Waals surface area contributed by atoms with Crippen LogP contribution in [0.25, 0.3) is 0 Å². The number of benzene rings is 2. The predicted molar refractivity (Wildman–Crippen MR) is 83.6 cm³/mol. The van der Waals surface area contributed by atoms with Crippen molar-refractivity contribution in [3.05, 3.63) is 52.8 Å². The van der Waals surface area contributed by atoms with E-state index in [1.54, 1.807) is 30.3 Å². The van der Waals surface area contributed by atoms with E-state index in [1.807, 2.05) is 0 Å². The largest absolute Gasteiger partial charge is 0.495 e. The minimum absolute atomic E-state index is 0.00784. The van der Waals surface area contributed by atoms with Crippen LogP contribution in [0.15, 0.2) is 36.4 Å². The molecule has 2 aromatic carbocycles. The van der Waals surface area contributed by atoms with Crippen LogP contribution in [0.5, 0.6) is 5.75 Å². The number of anilines is 2. The molecule has 0 aliphatic heterocycles. The number of hydrogen-bond acceptors (Lipinski definition) is 3. The van der Waals surface area contributed by atoms with Crippen LogP contribution in [0, 0.1) is 5.82 Å². The predicted octanol–water partition coefficient (Wildman–Crippen LogP) is 3.87. The van der Waals surface area contributed by atoms with Gasteiger partial charge in [-0.15, -0.1) is 0 Å². The van der Waals surface area contributed by atoms with Gasteiger partial charge in [0.15, 0.2) is 0 Å². The summed E-state index contributed by atoms with van der Waals surface area (Å²) < 4.78 is 18.9. The number of hydrogen-bond donors (Lipinski definition) is 2. The fourth-order valence-electron chi connectivity index (χ4n) is 1.77. The average molecular weight is 311 g/mol. The number of halogens is 2. The maximum absolute atomic E-state index is 13.8. The van der Waals surface area contributed by atoms with Gasteiger partial charge in [0.25, 0.3) is 0 Å². The third kappa shape index (κ3) is 3.00. The van der Waals surface area contributed by atoms with E-state index in [1.165, 1.54) is 13.2 Å². The molecule has 20 heavy (non-hydrogen) atoms. The maximum atomic E-state index is 13.8. The summed E-state index contributed by atoms with van der Waals surface area (Å²) in [6, 6.07) is 9.71. The van der Waals surface area contributed by atoms with E-state index in [0.717, 1.165) is 0 Å². The highest BCUT2D eigenvalue weighted by molar-refractivity contribution is 7.80. The molecule has 0 bridgehead atoms. The van der Waals surface area contributed by atoms with Crippen molar-refractivity contribution in [2.45, 2.75) is 0 Å². The van der Waals surface area contributed by atoms with Crippen LogP contribution in [-0.4, -0.2) is 12.1 Å². The lowest BCUT2D eigenvalue weighted by atomic mass is 10.1. The molecule has 0 fully saturated rings. The molecule has 0 unspecified atom stereocenters. The van der Waals surface area contributed by atoms with Crippen LogP contribution >= 0.6 is 23.8 Å². The first-order valence-electron chi connectivity index (χ1n) is 5.72. The molecular weight excluding hydrogens is 299 g/mol. The Morgan fingerprint density at radius 3 is 2.75 bits per heavy atom. The number of rotatable bonds is 4. The summed E-state index contributed by atoms with van der Waals surface area (Å²) in [6.45, 7) is 0. The molecule has 3 N–H and O–H groups in total. The summed E-state index contributed by atoms with van der Waals surface area (Å²) in [5.41, 5.74) is 6.91. The van der Waals surface area contributed by atoms with Gasteiger partial charge in [-0.25, -0.2) is 4.39 Å². The minimum Gasteiger partial charge on any atom is -0.495 e. The lowest BCUT2D eigenvalue weighted by Crippen LogP contribution is -2.14. The minimum atomic E-state index is -0.469. The molecule has 0 saturated carbocycles. The Bertz CT molecular complexity index is 664. The molecule has 6 heteroatoms. The normalized spacial score (nSPS) is 10.2. The second-order valence-electron chi connectivity index (χ2n) is 4.00. The molecule has 0 aliphatic carbocycles. The van der Waals surface area contributed by atoms with Crippen LogP contribution in [0.3, 0.4) is 0 Å². The van der Waals surface area contributed by atoms with Gasteiger partial charge in [-0.1, -0.05) is 29.9 Å². The summed E-state index contributed by atoms with van der Waals surface area (Å²) in [4.78, 5) is -0.00784. The van der Waals surface area contributed by atoms with Crippen molar-refractivity contribution in [3.63, 3.8) is 0 Å². The molecule has 2 aromatic rings. The van der Waals surface area contributed by atoms with Gasteiger partial charge in [-0.05, 0) is 24.3 Å². The standard InChI is InChI=1S/C14H12ClFN2OS/c1-19-12-7-8(5-6-9(12)15)18-11-4-2-3-10(16)13(11)14(17)20/h2-7,18H,1H3,(H2,17,20). The van der Waals surface area contributed by atoms with Crippen LogP contribution in [0.2, 0.25) is 5.02 Å². The monoisotopic (exact) mass is 310 g/mol. The lowest BCUT2D eigenvalue weighted by molar-refractivity contribution is 0.415. The van der Waals surface area contributed by atoms with Crippen molar-refractivity contribution in [2.24, 2.45) is 5.73 Å². The van der Waals surface area contributed by atoms with Gasteiger partial charge in [-0.3, -0.25) is 0 Å². The zero-order valence-electron chi connectivity index (χ0n) is 10.6. The molecule has 0 aromatic heterocycles. The van der Waals surface area contributed by atoms with Crippen LogP contribution < -0.4 is 15.8 Å². The third-order valence-electron chi connectivity index (χ3n) is 2.69. The Kier molecular flexibility index (Phi) is 4.42. The SMILES string of the molecule is COc1cc(Nc2cccc(F)c2C(N)=S)ccc1Cl. The second-order valence-corrected chi connectivity index (χ2v) is 4.85. The first-order chi connectivity index (χ1) is 9.52. The van der Waals surface area contributed by atoms with Gasteiger partial charge in [0.2, 0.25) is 0 Å². The number of nitrogens with two attached hydrogens (primary N) is 1. The number of ether oxygens (including phenoxy) is 1. The van der Waals surface area contributed by atoms with Crippen molar-refractivity contribution >= 4 is 40.2 Å². The fraction of sp³-hybridized carbons (Fsp3) is 0.0714. The third-order valence-corrected chi connectivity index (χ3v) is 3.21. The molecule has 2 rings (SSSR count). The molecule has 0 heterocycles. The Morgan fingerprint density at radius 2 is 2.10 bits per heavy atom. The second kappa shape index (κ2) is 6.07. The fourth-order valence-corrected chi connectivity index (χ4v) is 2.17. The average Bonchev–Trinajstić information content (AvgIpc) is 2.40. The summed E-state index contributed by atoms with van der Waals surface area (Å²) in [5, 5.41) is 3.54. The molecule has 104 valence electrons. The van der Waals surface area contributed by atoms with Crippen LogP contribution in [-0.2, 0) is 0 Å². The zero-order chi connectivity index (χ0) is 14.7. The summed E-state index contributed by atoms with van der Waals surface area (Å²) in [7, 11) is 1.52. The molecule has 0 radical (unpaired) electrons. The van der Waals surface area contributed by atoms with Crippen molar-refractivity contribution in [1.82, 2.24) is 0 Å². The van der Waals surface area contributed by atoms with Gasteiger partial charge >= 0.3 is 0 Å². The smallest absolute Gasteiger partial charge is 0.139 e. The molecule has 0 saturated heterocycles. The van der Waals surface area contributed by atoms with Crippen molar-refractivity contribution in [1.29, 1.82) is 0 Å². The Balaban J connectivity index is 2.40. The molecule has 0 aliphatic rings. The summed E-state index contributed by atoms with van der Waals surface area (Å²) in [6.07, 6.45) is 0. The van der Waals surface area contributed by atoms with E-state index >= 15 is 0 Å². The van der Waals surface area contributed by atoms with Gasteiger partial charge in [-0.2, -0.15) is 0 Å². The van der Waals surface area contributed by atoms with Gasteiger partial charge in [0.1, 0.15) is 16.6 Å². The van der Waals surface area contributed by atoms with Gasteiger partial charge in [0.05, 0.1) is 23.4 Å². The zero-order valence-corrected chi connectivity index (χ0v) is 12.2. The van der Waals surface area contributed by atoms with E-state index < -0.39 is 5.82 Å². The quantitative estimate of drug-likeness (QED) is 0.842. The maximum Gasteiger partial charge on any atom is 0.139 e. The van der Waals surface area contributed by atoms with Crippen molar-refractivity contribution in [2.75, 3.05) is 12.4 Å². The highest BCUT2D eigenvalue weighted by Gasteiger charge is 2.11. The highest BCUT2D eigenvalue weighted by atomic mass is 35.5. The van der Waals surface area contributed by atoms with Crippen molar-refractivity contribution < 1.29 is 9.13 Å². The van der Waals surface area contributed by atoms with Gasteiger partial charge < -0.3 is 15.8 Å². The van der Waals surface area contributed by atoms with Crippen molar-refractivity contribution in [3.8, 4) is 5.75 Å².